The number of aliphatic hydroxyl groups is 1. The fraction of sp³-hybridized carbons (Fsp3) is 0.400. The number of allylic oxidation sites excluding steroid dienone is 1. The molecule has 18 heavy (non-hydrogen) atoms. The van der Waals surface area contributed by atoms with Gasteiger partial charge in [-0.3, -0.25) is 0 Å². The second-order valence-electron chi connectivity index (χ2n) is 4.01. The van der Waals surface area contributed by atoms with Gasteiger partial charge in [0, 0.05) is 18.6 Å². The molecule has 3 nitrogen and oxygen atoms in total. The maximum atomic E-state index is 11.7. The number of benzene rings is 1. The Bertz CT molecular complexity index is 382. The second-order valence-corrected chi connectivity index (χ2v) is 4.01. The molecule has 3 heteroatoms. The molecule has 0 saturated heterocycles. The number of aliphatic hydroxyl groups excluding tert-OH is 1. The van der Waals surface area contributed by atoms with Gasteiger partial charge in [-0.1, -0.05) is 36.4 Å². The molecule has 0 unspecified atom stereocenters. The molecule has 0 fully saturated rings. The van der Waals surface area contributed by atoms with Gasteiger partial charge in [-0.15, -0.1) is 0 Å². The first kappa shape index (κ1) is 14.5. The summed E-state index contributed by atoms with van der Waals surface area (Å²) in [6.45, 7) is 2.16. The molecular weight excluding hydrogens is 228 g/mol. The standard InChI is InChI=1S/C15H20O3/c1-2-14(15(17)18-12-6-11-16)10-9-13-7-4-3-5-8-13/h2-5,7-8,16H,6,9-12H2,1H3. The highest BCUT2D eigenvalue weighted by molar-refractivity contribution is 5.88. The van der Waals surface area contributed by atoms with Gasteiger partial charge in [0.25, 0.3) is 0 Å². The third-order valence-corrected chi connectivity index (χ3v) is 2.67. The summed E-state index contributed by atoms with van der Waals surface area (Å²) < 4.78 is 5.06. The lowest BCUT2D eigenvalue weighted by Crippen LogP contribution is -2.10. The van der Waals surface area contributed by atoms with Gasteiger partial charge in [0.15, 0.2) is 0 Å². The highest BCUT2D eigenvalue weighted by Gasteiger charge is 2.09. The molecule has 0 radical (unpaired) electrons. The Labute approximate surface area is 108 Å². The first-order chi connectivity index (χ1) is 8.77. The van der Waals surface area contributed by atoms with Gasteiger partial charge in [0.05, 0.1) is 6.61 Å². The first-order valence-corrected chi connectivity index (χ1v) is 6.25. The minimum atomic E-state index is -0.276. The highest BCUT2D eigenvalue weighted by Crippen LogP contribution is 2.10. The van der Waals surface area contributed by atoms with Gasteiger partial charge in [-0.25, -0.2) is 4.79 Å². The number of rotatable bonds is 7. The van der Waals surface area contributed by atoms with Crippen molar-refractivity contribution in [3.63, 3.8) is 0 Å². The molecule has 0 amide bonds. The smallest absolute Gasteiger partial charge is 0.333 e. The molecule has 1 aromatic carbocycles. The lowest BCUT2D eigenvalue weighted by molar-refractivity contribution is -0.139. The van der Waals surface area contributed by atoms with Crippen LogP contribution in [0.5, 0.6) is 0 Å². The van der Waals surface area contributed by atoms with Gasteiger partial charge < -0.3 is 9.84 Å². The second kappa shape index (κ2) is 8.48. The summed E-state index contributed by atoms with van der Waals surface area (Å²) in [5.74, 6) is -0.276. The predicted molar refractivity (Wildman–Crippen MR) is 71.2 cm³/mol. The number of hydrogen-bond donors (Lipinski definition) is 1. The highest BCUT2D eigenvalue weighted by atomic mass is 16.5. The van der Waals surface area contributed by atoms with Crippen molar-refractivity contribution >= 4 is 5.97 Å². The Kier molecular flexibility index (Phi) is 6.81. The molecule has 1 aromatic rings. The van der Waals surface area contributed by atoms with Crippen LogP contribution in [0.4, 0.5) is 0 Å². The van der Waals surface area contributed by atoms with E-state index in [4.69, 9.17) is 9.84 Å². The minimum Gasteiger partial charge on any atom is -0.462 e. The van der Waals surface area contributed by atoms with E-state index < -0.39 is 0 Å². The molecule has 0 spiro atoms. The number of aryl methyl sites for hydroxylation is 1. The molecule has 0 bridgehead atoms. The van der Waals surface area contributed by atoms with Crippen LogP contribution in [0.15, 0.2) is 42.0 Å². The molecule has 0 aliphatic rings. The average molecular weight is 248 g/mol. The quantitative estimate of drug-likeness (QED) is 0.458. The topological polar surface area (TPSA) is 46.5 Å². The Morgan fingerprint density at radius 3 is 2.67 bits per heavy atom. The summed E-state index contributed by atoms with van der Waals surface area (Å²) in [7, 11) is 0. The minimum absolute atomic E-state index is 0.0441. The van der Waals surface area contributed by atoms with Gasteiger partial charge in [0.2, 0.25) is 0 Å². The van der Waals surface area contributed by atoms with Crippen LogP contribution in [0.1, 0.15) is 25.3 Å². The van der Waals surface area contributed by atoms with Crippen molar-refractivity contribution in [3.05, 3.63) is 47.5 Å². The van der Waals surface area contributed by atoms with Gasteiger partial charge >= 0.3 is 5.97 Å². The SMILES string of the molecule is CC=C(CCc1ccccc1)C(=O)OCCCO. The number of carbonyl (C=O) groups excluding carboxylic acids is 1. The van der Waals surface area contributed by atoms with Crippen LogP contribution in [0, 0.1) is 0 Å². The molecule has 0 aliphatic carbocycles. The van der Waals surface area contributed by atoms with Crippen molar-refractivity contribution in [2.75, 3.05) is 13.2 Å². The van der Waals surface area contributed by atoms with Gasteiger partial charge in [0.1, 0.15) is 0 Å². The largest absolute Gasteiger partial charge is 0.462 e. The van der Waals surface area contributed by atoms with Gasteiger partial charge in [-0.05, 0) is 25.3 Å². The van der Waals surface area contributed by atoms with E-state index in [-0.39, 0.29) is 19.2 Å². The number of carbonyl (C=O) groups is 1. The van der Waals surface area contributed by atoms with E-state index in [1.807, 2.05) is 37.3 Å². The molecular formula is C15H20O3. The van der Waals surface area contributed by atoms with Crippen LogP contribution < -0.4 is 0 Å². The first-order valence-electron chi connectivity index (χ1n) is 6.25. The summed E-state index contributed by atoms with van der Waals surface area (Å²) in [6.07, 6.45) is 3.79. The summed E-state index contributed by atoms with van der Waals surface area (Å²) in [5, 5.41) is 8.62. The van der Waals surface area contributed by atoms with Crippen molar-refractivity contribution in [1.82, 2.24) is 0 Å². The zero-order valence-electron chi connectivity index (χ0n) is 10.8. The predicted octanol–water partition coefficient (Wildman–Crippen LogP) is 2.49. The number of ether oxygens (including phenoxy) is 1. The van der Waals surface area contributed by atoms with Crippen LogP contribution in [-0.4, -0.2) is 24.3 Å². The Morgan fingerprint density at radius 2 is 2.06 bits per heavy atom. The van der Waals surface area contributed by atoms with E-state index in [1.165, 1.54) is 5.56 Å². The monoisotopic (exact) mass is 248 g/mol. The van der Waals surface area contributed by atoms with Crippen molar-refractivity contribution in [2.24, 2.45) is 0 Å². The summed E-state index contributed by atoms with van der Waals surface area (Å²) >= 11 is 0. The van der Waals surface area contributed by atoms with E-state index in [1.54, 1.807) is 6.08 Å². The van der Waals surface area contributed by atoms with Crippen LogP contribution in [0.25, 0.3) is 0 Å². The van der Waals surface area contributed by atoms with E-state index in [9.17, 15) is 4.79 Å². The molecule has 0 aliphatic heterocycles. The maximum absolute atomic E-state index is 11.7. The summed E-state index contributed by atoms with van der Waals surface area (Å²) in [6, 6.07) is 10.0. The van der Waals surface area contributed by atoms with Crippen molar-refractivity contribution in [3.8, 4) is 0 Å². The van der Waals surface area contributed by atoms with E-state index in [0.717, 1.165) is 6.42 Å². The normalized spacial score (nSPS) is 11.3. The zero-order chi connectivity index (χ0) is 13.2. The molecule has 0 saturated carbocycles. The Balaban J connectivity index is 2.40. The molecule has 0 aromatic heterocycles. The van der Waals surface area contributed by atoms with Crippen molar-refractivity contribution in [1.29, 1.82) is 0 Å². The van der Waals surface area contributed by atoms with Crippen LogP contribution in [0.2, 0.25) is 0 Å². The molecule has 0 heterocycles. The fourth-order valence-electron chi connectivity index (χ4n) is 1.61. The third-order valence-electron chi connectivity index (χ3n) is 2.67. The van der Waals surface area contributed by atoms with E-state index in [2.05, 4.69) is 0 Å². The average Bonchev–Trinajstić information content (AvgIpc) is 2.41. The Morgan fingerprint density at radius 1 is 1.33 bits per heavy atom. The summed E-state index contributed by atoms with van der Waals surface area (Å²) in [4.78, 5) is 11.7. The van der Waals surface area contributed by atoms with Crippen LogP contribution >= 0.6 is 0 Å². The third kappa shape index (κ3) is 5.15. The van der Waals surface area contributed by atoms with Crippen molar-refractivity contribution in [2.45, 2.75) is 26.2 Å². The van der Waals surface area contributed by atoms with Gasteiger partial charge in [-0.2, -0.15) is 0 Å². The van der Waals surface area contributed by atoms with E-state index in [0.29, 0.717) is 18.4 Å². The Hall–Kier alpha value is -1.61. The lowest BCUT2D eigenvalue weighted by Gasteiger charge is -2.07. The molecule has 98 valence electrons. The summed E-state index contributed by atoms with van der Waals surface area (Å²) in [5.41, 5.74) is 1.90. The molecule has 0 atom stereocenters. The lowest BCUT2D eigenvalue weighted by atomic mass is 10.0. The maximum Gasteiger partial charge on any atom is 0.333 e. The zero-order valence-corrected chi connectivity index (χ0v) is 10.8. The molecule has 1 rings (SSSR count). The molecule has 1 N–H and O–H groups in total. The number of esters is 1. The number of hydrogen-bond acceptors (Lipinski definition) is 3. The van der Waals surface area contributed by atoms with Crippen LogP contribution in [0.3, 0.4) is 0 Å². The van der Waals surface area contributed by atoms with Crippen LogP contribution in [-0.2, 0) is 16.0 Å². The van der Waals surface area contributed by atoms with Crippen molar-refractivity contribution < 1.29 is 14.6 Å². The fourth-order valence-corrected chi connectivity index (χ4v) is 1.61. The van der Waals surface area contributed by atoms with E-state index >= 15 is 0 Å².